The highest BCUT2D eigenvalue weighted by Crippen LogP contribution is 2.30. The van der Waals surface area contributed by atoms with Crippen LogP contribution < -0.4 is 5.32 Å². The lowest BCUT2D eigenvalue weighted by atomic mass is 10.2. The van der Waals surface area contributed by atoms with Crippen molar-refractivity contribution in [3.63, 3.8) is 0 Å². The van der Waals surface area contributed by atoms with Gasteiger partial charge in [0.25, 0.3) is 0 Å². The summed E-state index contributed by atoms with van der Waals surface area (Å²) in [5, 5.41) is 6.27. The van der Waals surface area contributed by atoms with Gasteiger partial charge in [0, 0.05) is 26.5 Å². The average molecular weight is 351 g/mol. The van der Waals surface area contributed by atoms with Crippen LogP contribution >= 0.6 is 34.7 Å². The maximum Gasteiger partial charge on any atom is 0.187 e. The van der Waals surface area contributed by atoms with Crippen LogP contribution in [0.15, 0.2) is 52.7 Å². The number of halogens is 2. The second kappa shape index (κ2) is 6.69. The zero-order valence-corrected chi connectivity index (χ0v) is 14.0. The summed E-state index contributed by atoms with van der Waals surface area (Å²) in [6.45, 7) is 0. The zero-order chi connectivity index (χ0) is 15.5. The average Bonchev–Trinajstić information content (AvgIpc) is 2.95. The van der Waals surface area contributed by atoms with E-state index in [4.69, 9.17) is 11.6 Å². The van der Waals surface area contributed by atoms with Crippen molar-refractivity contribution in [3.05, 3.63) is 58.7 Å². The lowest BCUT2D eigenvalue weighted by Gasteiger charge is -2.04. The fourth-order valence-electron chi connectivity index (χ4n) is 1.99. The summed E-state index contributed by atoms with van der Waals surface area (Å²) < 4.78 is 13.4. The Labute approximate surface area is 141 Å². The Morgan fingerprint density at radius 1 is 1.23 bits per heavy atom. The summed E-state index contributed by atoms with van der Waals surface area (Å²) >= 11 is 9.04. The van der Waals surface area contributed by atoms with Gasteiger partial charge in [0.05, 0.1) is 5.69 Å². The molecule has 1 heterocycles. The fourth-order valence-corrected chi connectivity index (χ4v) is 3.41. The molecule has 0 fully saturated rings. The lowest BCUT2D eigenvalue weighted by Crippen LogP contribution is -1.90. The standard InChI is InChI=1S/C16H12ClFN2S2/c1-21-14-4-2-3-13(8-14)19-16-20-15(9-22-16)10-5-11(17)7-12(18)6-10/h2-9H,1H3,(H,19,20). The minimum Gasteiger partial charge on any atom is -0.332 e. The Hall–Kier alpha value is -1.56. The smallest absolute Gasteiger partial charge is 0.187 e. The summed E-state index contributed by atoms with van der Waals surface area (Å²) in [6.07, 6.45) is 2.04. The molecule has 0 bridgehead atoms. The number of hydrogen-bond donors (Lipinski definition) is 1. The Kier molecular flexibility index (Phi) is 4.66. The minimum atomic E-state index is -0.363. The van der Waals surface area contributed by atoms with E-state index in [9.17, 15) is 4.39 Å². The van der Waals surface area contributed by atoms with Crippen molar-refractivity contribution in [2.24, 2.45) is 0 Å². The van der Waals surface area contributed by atoms with Crippen molar-refractivity contribution in [3.8, 4) is 11.3 Å². The van der Waals surface area contributed by atoms with E-state index in [2.05, 4.69) is 22.4 Å². The van der Waals surface area contributed by atoms with E-state index in [0.717, 1.165) is 10.8 Å². The van der Waals surface area contributed by atoms with E-state index in [1.807, 2.05) is 23.8 Å². The number of hydrogen-bond acceptors (Lipinski definition) is 4. The molecule has 0 saturated heterocycles. The molecule has 22 heavy (non-hydrogen) atoms. The lowest BCUT2D eigenvalue weighted by molar-refractivity contribution is 0.628. The third-order valence-corrected chi connectivity index (χ3v) is 4.68. The number of anilines is 2. The molecule has 1 aromatic heterocycles. The van der Waals surface area contributed by atoms with Gasteiger partial charge in [-0.15, -0.1) is 23.1 Å². The zero-order valence-electron chi connectivity index (χ0n) is 11.6. The summed E-state index contributed by atoms with van der Waals surface area (Å²) in [5.41, 5.74) is 2.35. The quantitative estimate of drug-likeness (QED) is 0.578. The first-order valence-corrected chi connectivity index (χ1v) is 8.95. The summed E-state index contributed by atoms with van der Waals surface area (Å²) in [6, 6.07) is 12.5. The number of nitrogens with one attached hydrogen (secondary N) is 1. The number of nitrogens with zero attached hydrogens (tertiary/aromatic N) is 1. The van der Waals surface area contributed by atoms with Gasteiger partial charge in [-0.2, -0.15) is 0 Å². The number of benzene rings is 2. The van der Waals surface area contributed by atoms with E-state index >= 15 is 0 Å². The van der Waals surface area contributed by atoms with Gasteiger partial charge < -0.3 is 5.32 Å². The van der Waals surface area contributed by atoms with Crippen LogP contribution in [0.25, 0.3) is 11.3 Å². The second-order valence-electron chi connectivity index (χ2n) is 4.55. The van der Waals surface area contributed by atoms with E-state index in [1.54, 1.807) is 17.8 Å². The van der Waals surface area contributed by atoms with Gasteiger partial charge in [0.15, 0.2) is 5.13 Å². The first-order valence-electron chi connectivity index (χ1n) is 6.47. The molecular weight excluding hydrogens is 339 g/mol. The maximum absolute atomic E-state index is 13.4. The number of thiazole rings is 1. The van der Waals surface area contributed by atoms with Crippen LogP contribution in [0.4, 0.5) is 15.2 Å². The van der Waals surface area contributed by atoms with Crippen molar-refractivity contribution in [1.82, 2.24) is 4.98 Å². The van der Waals surface area contributed by atoms with Gasteiger partial charge in [-0.05, 0) is 42.7 Å². The van der Waals surface area contributed by atoms with Crippen molar-refractivity contribution < 1.29 is 4.39 Å². The van der Waals surface area contributed by atoms with Crippen LogP contribution in [-0.4, -0.2) is 11.2 Å². The summed E-state index contributed by atoms with van der Waals surface area (Å²) in [7, 11) is 0. The van der Waals surface area contributed by atoms with Gasteiger partial charge in [0.1, 0.15) is 5.82 Å². The molecular formula is C16H12ClFN2S2. The van der Waals surface area contributed by atoms with Crippen LogP contribution in [0.5, 0.6) is 0 Å². The summed E-state index contributed by atoms with van der Waals surface area (Å²) in [4.78, 5) is 5.67. The maximum atomic E-state index is 13.4. The Morgan fingerprint density at radius 2 is 2.09 bits per heavy atom. The van der Waals surface area contributed by atoms with E-state index in [0.29, 0.717) is 16.3 Å². The largest absolute Gasteiger partial charge is 0.332 e. The molecule has 0 aliphatic heterocycles. The van der Waals surface area contributed by atoms with Crippen molar-refractivity contribution in [2.45, 2.75) is 4.90 Å². The molecule has 0 amide bonds. The van der Waals surface area contributed by atoms with Gasteiger partial charge in [-0.25, -0.2) is 9.37 Å². The predicted octanol–water partition coefficient (Wildman–Crippen LogP) is 6.07. The third-order valence-electron chi connectivity index (χ3n) is 2.98. The third kappa shape index (κ3) is 3.61. The van der Waals surface area contributed by atoms with E-state index in [-0.39, 0.29) is 5.82 Å². The van der Waals surface area contributed by atoms with Crippen molar-refractivity contribution >= 4 is 45.5 Å². The van der Waals surface area contributed by atoms with Gasteiger partial charge in [-0.1, -0.05) is 17.7 Å². The molecule has 0 aliphatic rings. The highest BCUT2D eigenvalue weighted by molar-refractivity contribution is 7.98. The first-order chi connectivity index (χ1) is 10.6. The monoisotopic (exact) mass is 350 g/mol. The Bertz CT molecular complexity index is 784. The van der Waals surface area contributed by atoms with E-state index < -0.39 is 0 Å². The molecule has 0 aliphatic carbocycles. The minimum absolute atomic E-state index is 0.363. The molecule has 6 heteroatoms. The van der Waals surface area contributed by atoms with Crippen molar-refractivity contribution in [1.29, 1.82) is 0 Å². The molecule has 112 valence electrons. The van der Waals surface area contributed by atoms with Gasteiger partial charge >= 0.3 is 0 Å². The topological polar surface area (TPSA) is 24.9 Å². The molecule has 2 nitrogen and oxygen atoms in total. The van der Waals surface area contributed by atoms with Crippen LogP contribution in [0, 0.1) is 5.82 Å². The normalized spacial score (nSPS) is 10.7. The predicted molar refractivity (Wildman–Crippen MR) is 94.0 cm³/mol. The summed E-state index contributed by atoms with van der Waals surface area (Å²) in [5.74, 6) is -0.363. The Balaban J connectivity index is 1.84. The molecule has 0 saturated carbocycles. The van der Waals surface area contributed by atoms with Crippen LogP contribution in [0.3, 0.4) is 0 Å². The first kappa shape index (κ1) is 15.3. The molecule has 3 rings (SSSR count). The SMILES string of the molecule is CSc1cccc(Nc2nc(-c3cc(F)cc(Cl)c3)cs2)c1. The molecule has 0 radical (unpaired) electrons. The number of aromatic nitrogens is 1. The molecule has 0 unspecified atom stereocenters. The number of rotatable bonds is 4. The van der Waals surface area contributed by atoms with Crippen molar-refractivity contribution in [2.75, 3.05) is 11.6 Å². The molecule has 3 aromatic rings. The van der Waals surface area contributed by atoms with Crippen LogP contribution in [0.2, 0.25) is 5.02 Å². The van der Waals surface area contributed by atoms with Crippen LogP contribution in [-0.2, 0) is 0 Å². The number of thioether (sulfide) groups is 1. The van der Waals surface area contributed by atoms with E-state index in [1.165, 1.54) is 28.4 Å². The van der Waals surface area contributed by atoms with Crippen LogP contribution in [0.1, 0.15) is 0 Å². The molecule has 0 spiro atoms. The van der Waals surface area contributed by atoms with Gasteiger partial charge in [-0.3, -0.25) is 0 Å². The second-order valence-corrected chi connectivity index (χ2v) is 6.73. The molecule has 2 aromatic carbocycles. The molecule has 0 atom stereocenters. The Morgan fingerprint density at radius 3 is 2.86 bits per heavy atom. The van der Waals surface area contributed by atoms with Gasteiger partial charge in [0.2, 0.25) is 0 Å². The molecule has 1 N–H and O–H groups in total. The fraction of sp³-hybridized carbons (Fsp3) is 0.0625. The highest BCUT2D eigenvalue weighted by atomic mass is 35.5. The highest BCUT2D eigenvalue weighted by Gasteiger charge is 2.07.